The van der Waals surface area contributed by atoms with Crippen molar-refractivity contribution in [2.75, 3.05) is 7.05 Å². The number of hydrogen-bond acceptors (Lipinski definition) is 3. The predicted octanol–water partition coefficient (Wildman–Crippen LogP) is 4.14. The molecule has 1 aromatic carbocycles. The third kappa shape index (κ3) is 5.26. The Hall–Kier alpha value is -2.05. The van der Waals surface area contributed by atoms with Gasteiger partial charge in [-0.15, -0.1) is 0 Å². The molecule has 1 aromatic rings. The second-order valence-corrected chi connectivity index (χ2v) is 6.21. The largest absolute Gasteiger partial charge is 0.444 e. The summed E-state index contributed by atoms with van der Waals surface area (Å²) in [5.74, 6) is -0.466. The van der Waals surface area contributed by atoms with Crippen LogP contribution < -0.4 is 0 Å². The lowest BCUT2D eigenvalue weighted by molar-refractivity contribution is -0.137. The average molecular weight is 331 g/mol. The predicted molar refractivity (Wildman–Crippen MR) is 79.2 cm³/mol. The molecule has 0 aromatic heterocycles. The van der Waals surface area contributed by atoms with Crippen LogP contribution in [0.3, 0.4) is 0 Å². The molecule has 0 heterocycles. The topological polar surface area (TPSA) is 46.6 Å². The maximum atomic E-state index is 12.5. The van der Waals surface area contributed by atoms with E-state index < -0.39 is 35.3 Å². The summed E-state index contributed by atoms with van der Waals surface area (Å²) in [4.78, 5) is 25.3. The summed E-state index contributed by atoms with van der Waals surface area (Å²) in [5.41, 5.74) is -1.44. The SMILES string of the molecule is C[C@@H](C(=O)c1ccc(C(F)(F)F)cc1)N(C)C(=O)OC(C)(C)C. The second kappa shape index (κ2) is 6.60. The van der Waals surface area contributed by atoms with Crippen molar-refractivity contribution in [2.24, 2.45) is 0 Å². The standard InChI is InChI=1S/C16H20F3NO3/c1-10(20(5)14(22)23-15(2,3)4)13(21)11-6-8-12(9-7-11)16(17,18)19/h6-10H,1-5H3/t10-/m0/s1. The van der Waals surface area contributed by atoms with Gasteiger partial charge in [0.25, 0.3) is 0 Å². The average Bonchev–Trinajstić information content (AvgIpc) is 2.42. The zero-order chi connectivity index (χ0) is 18.0. The highest BCUT2D eigenvalue weighted by molar-refractivity contribution is 6.01. The number of Topliss-reactive ketones (excluding diaryl/α,β-unsaturated/α-hetero) is 1. The van der Waals surface area contributed by atoms with Crippen LogP contribution >= 0.6 is 0 Å². The Morgan fingerprint density at radius 1 is 1.09 bits per heavy atom. The third-order valence-electron chi connectivity index (χ3n) is 3.14. The number of rotatable bonds is 3. The van der Waals surface area contributed by atoms with Crippen LogP contribution in [0, 0.1) is 0 Å². The van der Waals surface area contributed by atoms with Crippen molar-refractivity contribution in [3.63, 3.8) is 0 Å². The number of benzene rings is 1. The van der Waals surface area contributed by atoms with Crippen molar-refractivity contribution in [1.82, 2.24) is 4.90 Å². The fourth-order valence-electron chi connectivity index (χ4n) is 1.73. The molecule has 0 aliphatic heterocycles. The molecule has 0 saturated heterocycles. The molecular weight excluding hydrogens is 311 g/mol. The first-order valence-corrected chi connectivity index (χ1v) is 7.00. The Labute approximate surface area is 133 Å². The van der Waals surface area contributed by atoms with E-state index in [9.17, 15) is 22.8 Å². The van der Waals surface area contributed by atoms with Crippen molar-refractivity contribution in [1.29, 1.82) is 0 Å². The fourth-order valence-corrected chi connectivity index (χ4v) is 1.73. The van der Waals surface area contributed by atoms with Gasteiger partial charge in [-0.05, 0) is 39.8 Å². The minimum atomic E-state index is -4.46. The van der Waals surface area contributed by atoms with Gasteiger partial charge in [-0.1, -0.05) is 12.1 Å². The summed E-state index contributed by atoms with van der Waals surface area (Å²) in [6, 6.07) is 3.03. The zero-order valence-electron chi connectivity index (χ0n) is 13.7. The highest BCUT2D eigenvalue weighted by Gasteiger charge is 2.31. The van der Waals surface area contributed by atoms with Gasteiger partial charge in [-0.3, -0.25) is 4.79 Å². The van der Waals surface area contributed by atoms with Crippen LogP contribution in [0.25, 0.3) is 0 Å². The van der Waals surface area contributed by atoms with Crippen LogP contribution in [0.5, 0.6) is 0 Å². The van der Waals surface area contributed by atoms with Gasteiger partial charge in [-0.25, -0.2) is 4.79 Å². The first kappa shape index (κ1) is 19.0. The fraction of sp³-hybridized carbons (Fsp3) is 0.500. The molecule has 0 aliphatic carbocycles. The van der Waals surface area contributed by atoms with Crippen LogP contribution in [0.15, 0.2) is 24.3 Å². The molecule has 0 saturated carbocycles. The molecule has 23 heavy (non-hydrogen) atoms. The van der Waals surface area contributed by atoms with Crippen molar-refractivity contribution < 1.29 is 27.5 Å². The Morgan fingerprint density at radius 3 is 1.96 bits per heavy atom. The van der Waals surface area contributed by atoms with Crippen molar-refractivity contribution in [3.05, 3.63) is 35.4 Å². The summed E-state index contributed by atoms with van der Waals surface area (Å²) in [6.07, 6.45) is -5.13. The van der Waals surface area contributed by atoms with E-state index in [-0.39, 0.29) is 5.56 Å². The summed E-state index contributed by atoms with van der Waals surface area (Å²) < 4.78 is 42.7. The molecule has 0 unspecified atom stereocenters. The number of carbonyl (C=O) groups excluding carboxylic acids is 2. The minimum Gasteiger partial charge on any atom is -0.444 e. The maximum absolute atomic E-state index is 12.5. The van der Waals surface area contributed by atoms with E-state index in [1.165, 1.54) is 14.0 Å². The number of halogens is 3. The van der Waals surface area contributed by atoms with E-state index in [1.807, 2.05) is 0 Å². The van der Waals surface area contributed by atoms with Gasteiger partial charge < -0.3 is 9.64 Å². The van der Waals surface area contributed by atoms with Crippen LogP contribution in [-0.2, 0) is 10.9 Å². The highest BCUT2D eigenvalue weighted by atomic mass is 19.4. The van der Waals surface area contributed by atoms with Crippen LogP contribution in [0.1, 0.15) is 43.6 Å². The van der Waals surface area contributed by atoms with Crippen LogP contribution in [-0.4, -0.2) is 35.5 Å². The van der Waals surface area contributed by atoms with E-state index in [2.05, 4.69) is 0 Å². The number of likely N-dealkylation sites (N-methyl/N-ethyl adjacent to an activating group) is 1. The van der Waals surface area contributed by atoms with Crippen LogP contribution in [0.4, 0.5) is 18.0 Å². The molecule has 0 bridgehead atoms. The molecule has 0 radical (unpaired) electrons. The molecule has 7 heteroatoms. The van der Waals surface area contributed by atoms with Crippen molar-refractivity contribution in [2.45, 2.75) is 45.5 Å². The molecule has 0 spiro atoms. The van der Waals surface area contributed by atoms with Crippen LogP contribution in [0.2, 0.25) is 0 Å². The number of alkyl halides is 3. The second-order valence-electron chi connectivity index (χ2n) is 6.21. The number of hydrogen-bond donors (Lipinski definition) is 0. The Balaban J connectivity index is 2.86. The normalized spacial score (nSPS) is 13.4. The molecule has 0 N–H and O–H groups in total. The summed E-state index contributed by atoms with van der Waals surface area (Å²) >= 11 is 0. The van der Waals surface area contributed by atoms with Gasteiger partial charge in [0.05, 0.1) is 11.6 Å². The molecule has 128 valence electrons. The first-order valence-electron chi connectivity index (χ1n) is 7.00. The van der Waals surface area contributed by atoms with E-state index in [0.29, 0.717) is 0 Å². The summed E-state index contributed by atoms with van der Waals surface area (Å²) in [5, 5.41) is 0. The van der Waals surface area contributed by atoms with Gasteiger partial charge in [0.1, 0.15) is 5.60 Å². The minimum absolute atomic E-state index is 0.0981. The molecule has 4 nitrogen and oxygen atoms in total. The number of nitrogens with zero attached hydrogens (tertiary/aromatic N) is 1. The number of carbonyl (C=O) groups is 2. The van der Waals surface area contributed by atoms with Crippen molar-refractivity contribution in [3.8, 4) is 0 Å². The monoisotopic (exact) mass is 331 g/mol. The first-order chi connectivity index (χ1) is 10.3. The maximum Gasteiger partial charge on any atom is 0.416 e. The zero-order valence-corrected chi connectivity index (χ0v) is 13.7. The van der Waals surface area contributed by atoms with E-state index in [1.54, 1.807) is 20.8 Å². The molecular formula is C16H20F3NO3. The van der Waals surface area contributed by atoms with E-state index >= 15 is 0 Å². The molecule has 0 fully saturated rings. The lowest BCUT2D eigenvalue weighted by Crippen LogP contribution is -2.43. The molecule has 1 rings (SSSR count). The van der Waals surface area contributed by atoms with Gasteiger partial charge in [0, 0.05) is 12.6 Å². The molecule has 1 amide bonds. The quantitative estimate of drug-likeness (QED) is 0.782. The number of amides is 1. The number of ether oxygens (including phenoxy) is 1. The summed E-state index contributed by atoms with van der Waals surface area (Å²) in [6.45, 7) is 6.58. The Morgan fingerprint density at radius 2 is 1.57 bits per heavy atom. The van der Waals surface area contributed by atoms with E-state index in [0.717, 1.165) is 29.2 Å². The van der Waals surface area contributed by atoms with E-state index in [4.69, 9.17) is 4.74 Å². The lowest BCUT2D eigenvalue weighted by atomic mass is 10.0. The molecule has 0 aliphatic rings. The smallest absolute Gasteiger partial charge is 0.416 e. The van der Waals surface area contributed by atoms with Crippen molar-refractivity contribution >= 4 is 11.9 Å². The number of ketones is 1. The van der Waals surface area contributed by atoms with Gasteiger partial charge in [0.2, 0.25) is 0 Å². The lowest BCUT2D eigenvalue weighted by Gasteiger charge is -2.28. The van der Waals surface area contributed by atoms with Gasteiger partial charge >= 0.3 is 12.3 Å². The Kier molecular flexibility index (Phi) is 5.45. The third-order valence-corrected chi connectivity index (χ3v) is 3.14. The van der Waals surface area contributed by atoms with Gasteiger partial charge in [0.15, 0.2) is 5.78 Å². The summed E-state index contributed by atoms with van der Waals surface area (Å²) in [7, 11) is 1.40. The Bertz CT molecular complexity index is 574. The molecule has 1 atom stereocenters. The van der Waals surface area contributed by atoms with Gasteiger partial charge in [-0.2, -0.15) is 13.2 Å². The highest BCUT2D eigenvalue weighted by Crippen LogP contribution is 2.29.